The van der Waals surface area contributed by atoms with Crippen molar-refractivity contribution in [3.05, 3.63) is 0 Å². The fourth-order valence-corrected chi connectivity index (χ4v) is 1.28. The van der Waals surface area contributed by atoms with Crippen molar-refractivity contribution in [3.8, 4) is 9.94 Å². The van der Waals surface area contributed by atoms with Gasteiger partial charge in [-0.25, -0.2) is 0 Å². The summed E-state index contributed by atoms with van der Waals surface area (Å²) in [6.07, 6.45) is 0. The monoisotopic (exact) mass is 228 g/mol. The SMILES string of the molecule is N#C[Se]O[Se]C#N. The summed E-state index contributed by atoms with van der Waals surface area (Å²) >= 11 is -0.842. The van der Waals surface area contributed by atoms with Crippen LogP contribution in [0.2, 0.25) is 0 Å². The van der Waals surface area contributed by atoms with Crippen molar-refractivity contribution in [2.75, 3.05) is 0 Å². The first-order chi connectivity index (χ1) is 3.41. The summed E-state index contributed by atoms with van der Waals surface area (Å²) in [5, 5.41) is 15.7. The Labute approximate surface area is 54.2 Å². The van der Waals surface area contributed by atoms with Gasteiger partial charge in [-0.15, -0.1) is 0 Å². The van der Waals surface area contributed by atoms with Crippen LogP contribution >= 0.6 is 0 Å². The molecule has 0 unspecified atom stereocenters. The van der Waals surface area contributed by atoms with Crippen molar-refractivity contribution in [1.82, 2.24) is 0 Å². The molecule has 36 valence electrons. The summed E-state index contributed by atoms with van der Waals surface area (Å²) in [6, 6.07) is 0. The van der Waals surface area contributed by atoms with Gasteiger partial charge in [0.15, 0.2) is 0 Å². The second-order valence-corrected chi connectivity index (χ2v) is 3.65. The Morgan fingerprint density at radius 3 is 1.86 bits per heavy atom. The summed E-state index contributed by atoms with van der Waals surface area (Å²) in [5.74, 6) is 0. The Bertz CT molecular complexity index is 97.8. The van der Waals surface area contributed by atoms with Gasteiger partial charge in [0.2, 0.25) is 0 Å². The predicted octanol–water partition coefficient (Wildman–Crippen LogP) is -0.796. The number of hydrogen-bond donors (Lipinski definition) is 0. The summed E-state index contributed by atoms with van der Waals surface area (Å²) in [7, 11) is 0. The Balaban J connectivity index is 2.77. The van der Waals surface area contributed by atoms with E-state index in [0.717, 1.165) is 0 Å². The van der Waals surface area contributed by atoms with E-state index in [2.05, 4.69) is 2.90 Å². The van der Waals surface area contributed by atoms with E-state index in [-0.39, 0.29) is 0 Å². The van der Waals surface area contributed by atoms with Crippen molar-refractivity contribution in [2.24, 2.45) is 0 Å². The normalized spacial score (nSPS) is 6.57. The van der Waals surface area contributed by atoms with Gasteiger partial charge in [-0.3, -0.25) is 0 Å². The second kappa shape index (κ2) is 5.98. The molecule has 0 heterocycles. The summed E-state index contributed by atoms with van der Waals surface area (Å²) in [5.41, 5.74) is 0. The van der Waals surface area contributed by atoms with Crippen LogP contribution in [0.15, 0.2) is 0 Å². The first-order valence-corrected chi connectivity index (χ1v) is 4.30. The van der Waals surface area contributed by atoms with Gasteiger partial charge < -0.3 is 0 Å². The van der Waals surface area contributed by atoms with Gasteiger partial charge in [0, 0.05) is 0 Å². The van der Waals surface area contributed by atoms with Gasteiger partial charge in [-0.2, -0.15) is 0 Å². The molecule has 0 aromatic carbocycles. The van der Waals surface area contributed by atoms with E-state index in [1.54, 1.807) is 0 Å². The molecule has 0 aliphatic rings. The molecule has 3 nitrogen and oxygen atoms in total. The average molecular weight is 226 g/mol. The van der Waals surface area contributed by atoms with E-state index in [9.17, 15) is 0 Å². The van der Waals surface area contributed by atoms with E-state index < -0.39 is 30.6 Å². The summed E-state index contributed by atoms with van der Waals surface area (Å²) < 4.78 is 4.53. The maximum atomic E-state index is 7.85. The summed E-state index contributed by atoms with van der Waals surface area (Å²) in [6.45, 7) is 0. The molecule has 0 bridgehead atoms. The van der Waals surface area contributed by atoms with Crippen LogP contribution in [0.1, 0.15) is 0 Å². The van der Waals surface area contributed by atoms with Crippen LogP contribution in [-0.4, -0.2) is 30.6 Å². The van der Waals surface area contributed by atoms with Gasteiger partial charge in [-0.05, 0) is 0 Å². The fourth-order valence-electron chi connectivity index (χ4n) is 0.0474. The standard InChI is InChI=1S/C2N2OSe2/c3-1-6-5-7-2-4. The first kappa shape index (κ1) is 6.98. The Morgan fingerprint density at radius 1 is 1.14 bits per heavy atom. The molecule has 0 spiro atoms. The average Bonchev–Trinajstić information content (AvgIpc) is 1.69. The number of rotatable bonds is 2. The van der Waals surface area contributed by atoms with Crippen LogP contribution in [0.25, 0.3) is 0 Å². The quantitative estimate of drug-likeness (QED) is 0.457. The molecule has 0 fully saturated rings. The maximum absolute atomic E-state index is 7.85. The zero-order valence-corrected chi connectivity index (χ0v) is 6.55. The number of nitrogens with zero attached hydrogens (tertiary/aromatic N) is 2. The Kier molecular flexibility index (Phi) is 5.96. The third kappa shape index (κ3) is 5.98. The van der Waals surface area contributed by atoms with Gasteiger partial charge in [0.1, 0.15) is 0 Å². The van der Waals surface area contributed by atoms with E-state index in [1.807, 2.05) is 9.94 Å². The molecule has 0 aliphatic heterocycles. The molecular formula is C2N2OSe2. The Hall–Kier alpha value is -0.0210. The van der Waals surface area contributed by atoms with Crippen molar-refractivity contribution >= 4 is 30.6 Å². The first-order valence-electron chi connectivity index (χ1n) is 1.19. The number of nitriles is 2. The zero-order chi connectivity index (χ0) is 5.54. The molecule has 7 heavy (non-hydrogen) atoms. The minimum atomic E-state index is -0.421. The fraction of sp³-hybridized carbons (Fsp3) is 0. The minimum absolute atomic E-state index is 0.421. The molecule has 0 aliphatic carbocycles. The summed E-state index contributed by atoms with van der Waals surface area (Å²) in [4.78, 5) is 3.61. The molecule has 0 radical (unpaired) electrons. The zero-order valence-electron chi connectivity index (χ0n) is 3.12. The van der Waals surface area contributed by atoms with Crippen molar-refractivity contribution in [2.45, 2.75) is 0 Å². The van der Waals surface area contributed by atoms with E-state index in [1.165, 1.54) is 0 Å². The van der Waals surface area contributed by atoms with Gasteiger partial charge >= 0.3 is 53.9 Å². The van der Waals surface area contributed by atoms with Crippen molar-refractivity contribution < 1.29 is 2.90 Å². The molecule has 0 saturated carbocycles. The molecule has 5 heteroatoms. The predicted molar refractivity (Wildman–Crippen MR) is 23.8 cm³/mol. The second-order valence-electron chi connectivity index (χ2n) is 0.417. The van der Waals surface area contributed by atoms with E-state index >= 15 is 0 Å². The molecule has 0 aromatic rings. The van der Waals surface area contributed by atoms with Crippen LogP contribution in [0.5, 0.6) is 0 Å². The topological polar surface area (TPSA) is 56.8 Å². The molecule has 0 aromatic heterocycles. The molecule has 0 N–H and O–H groups in total. The van der Waals surface area contributed by atoms with E-state index in [4.69, 9.17) is 10.5 Å². The van der Waals surface area contributed by atoms with Crippen LogP contribution in [0.3, 0.4) is 0 Å². The van der Waals surface area contributed by atoms with Crippen LogP contribution in [0, 0.1) is 20.5 Å². The Morgan fingerprint density at radius 2 is 1.57 bits per heavy atom. The van der Waals surface area contributed by atoms with Crippen LogP contribution in [-0.2, 0) is 2.90 Å². The van der Waals surface area contributed by atoms with Gasteiger partial charge in [0.25, 0.3) is 0 Å². The molecular weight excluding hydrogens is 226 g/mol. The van der Waals surface area contributed by atoms with Gasteiger partial charge in [-0.1, -0.05) is 0 Å². The third-order valence-electron chi connectivity index (χ3n) is 0.143. The molecule has 0 saturated heterocycles. The molecule has 0 atom stereocenters. The third-order valence-corrected chi connectivity index (χ3v) is 2.22. The van der Waals surface area contributed by atoms with Crippen molar-refractivity contribution in [3.63, 3.8) is 0 Å². The van der Waals surface area contributed by atoms with Crippen LogP contribution in [0.4, 0.5) is 0 Å². The number of hydrogen-bond acceptors (Lipinski definition) is 3. The van der Waals surface area contributed by atoms with E-state index in [0.29, 0.717) is 0 Å². The van der Waals surface area contributed by atoms with Crippen LogP contribution < -0.4 is 0 Å². The van der Waals surface area contributed by atoms with Crippen molar-refractivity contribution in [1.29, 1.82) is 10.5 Å². The molecule has 0 rings (SSSR count). The van der Waals surface area contributed by atoms with Gasteiger partial charge in [0.05, 0.1) is 0 Å². The molecule has 0 amide bonds.